The van der Waals surface area contributed by atoms with Crippen molar-refractivity contribution in [1.29, 1.82) is 0 Å². The second-order valence-electron chi connectivity index (χ2n) is 7.61. The molecule has 0 bridgehead atoms. The molecule has 0 amide bonds. The van der Waals surface area contributed by atoms with Crippen LogP contribution in [0.5, 0.6) is 0 Å². The Balaban J connectivity index is 2.47. The van der Waals surface area contributed by atoms with Gasteiger partial charge >= 0.3 is 0 Å². The first kappa shape index (κ1) is 16.4. The predicted molar refractivity (Wildman–Crippen MR) is 97.8 cm³/mol. The van der Waals surface area contributed by atoms with Crippen LogP contribution in [-0.2, 0) is 9.98 Å². The van der Waals surface area contributed by atoms with E-state index in [0.29, 0.717) is 5.69 Å². The van der Waals surface area contributed by atoms with E-state index < -0.39 is 7.14 Å². The average Bonchev–Trinajstić information content (AvgIpc) is 2.84. The lowest BCUT2D eigenvalue weighted by Crippen LogP contribution is -2.41. The Hall–Kier alpha value is -1.47. The number of fused-ring (bicyclic) bond motifs is 2. The fourth-order valence-electron chi connectivity index (χ4n) is 3.71. The van der Waals surface area contributed by atoms with Crippen molar-refractivity contribution in [1.82, 2.24) is 0 Å². The van der Waals surface area contributed by atoms with Crippen molar-refractivity contribution in [2.45, 2.75) is 58.5 Å². The van der Waals surface area contributed by atoms with Crippen molar-refractivity contribution < 1.29 is 8.98 Å². The number of furan rings is 1. The van der Waals surface area contributed by atoms with E-state index >= 15 is 0 Å². The van der Waals surface area contributed by atoms with Gasteiger partial charge < -0.3 is 14.7 Å². The normalized spacial score (nSPS) is 22.3. The van der Waals surface area contributed by atoms with Crippen LogP contribution in [0.4, 0.5) is 5.69 Å². The zero-order valence-electron chi connectivity index (χ0n) is 14.8. The summed E-state index contributed by atoms with van der Waals surface area (Å²) < 4.78 is 20.4. The molecule has 2 aromatic rings. The van der Waals surface area contributed by atoms with E-state index in [2.05, 4.69) is 33.8 Å². The summed E-state index contributed by atoms with van der Waals surface area (Å²) in [4.78, 5) is 0. The van der Waals surface area contributed by atoms with Gasteiger partial charge in [0.05, 0.1) is 11.0 Å². The number of hydrogen-bond donors (Lipinski definition) is 1. The monoisotopic (exact) mass is 331 g/mol. The number of hydrogen-bond acceptors (Lipinski definition) is 3. The van der Waals surface area contributed by atoms with Gasteiger partial charge in [-0.25, -0.2) is 0 Å². The van der Waals surface area contributed by atoms with E-state index in [0.717, 1.165) is 27.7 Å². The smallest absolute Gasteiger partial charge is 0.151 e. The molecule has 1 atom stereocenters. The molecule has 1 aliphatic rings. The minimum atomic E-state index is -2.82. The zero-order chi connectivity index (χ0) is 17.2. The SMILES string of the molecule is CC(C)c1oc2c(c1N)P(=O)(C(C)C)c1ccccc1C2(C)C. The van der Waals surface area contributed by atoms with E-state index in [9.17, 15) is 4.57 Å². The number of anilines is 1. The summed E-state index contributed by atoms with van der Waals surface area (Å²) in [6.45, 7) is 12.4. The number of rotatable bonds is 2. The molecule has 3 nitrogen and oxygen atoms in total. The molecule has 1 aliphatic heterocycles. The standard InChI is InChI=1S/C19H26NO2P/c1-11(2)16-15(20)17-18(22-16)19(5,6)13-9-7-8-10-14(13)23(17,21)12(3)4/h7-12H,20H2,1-6H3. The van der Waals surface area contributed by atoms with Crippen LogP contribution in [-0.4, -0.2) is 5.66 Å². The highest BCUT2D eigenvalue weighted by atomic mass is 31.2. The largest absolute Gasteiger partial charge is 0.462 e. The molecule has 0 spiro atoms. The first-order valence-corrected chi connectivity index (χ1v) is 10.0. The molecule has 0 radical (unpaired) electrons. The Morgan fingerprint density at radius 2 is 1.74 bits per heavy atom. The van der Waals surface area contributed by atoms with Gasteiger partial charge in [-0.05, 0) is 19.4 Å². The van der Waals surface area contributed by atoms with E-state index in [1.807, 2.05) is 32.0 Å². The summed E-state index contributed by atoms with van der Waals surface area (Å²) in [5, 5.41) is 1.70. The Bertz CT molecular complexity index is 815. The van der Waals surface area contributed by atoms with Crippen LogP contribution < -0.4 is 16.3 Å². The molecular weight excluding hydrogens is 305 g/mol. The Labute approximate surface area is 138 Å². The summed E-state index contributed by atoms with van der Waals surface area (Å²) in [5.74, 6) is 1.71. The second kappa shape index (κ2) is 5.01. The number of nitrogens with two attached hydrogens (primary N) is 1. The molecule has 1 aromatic heterocycles. The third kappa shape index (κ3) is 1.99. The van der Waals surface area contributed by atoms with Crippen LogP contribution in [0.1, 0.15) is 64.5 Å². The lowest BCUT2D eigenvalue weighted by Gasteiger charge is -2.37. The molecule has 1 unspecified atom stereocenters. The van der Waals surface area contributed by atoms with Gasteiger partial charge in [0.15, 0.2) is 7.14 Å². The first-order chi connectivity index (χ1) is 10.6. The summed E-state index contributed by atoms with van der Waals surface area (Å²) in [6.07, 6.45) is 0. The maximum absolute atomic E-state index is 14.2. The van der Waals surface area contributed by atoms with Crippen LogP contribution in [0.25, 0.3) is 0 Å². The molecule has 2 heterocycles. The minimum absolute atomic E-state index is 0.0154. The van der Waals surface area contributed by atoms with E-state index in [1.54, 1.807) is 0 Å². The molecule has 2 N–H and O–H groups in total. The van der Waals surface area contributed by atoms with Crippen LogP contribution in [0.15, 0.2) is 28.7 Å². The molecule has 0 fully saturated rings. The third-order valence-corrected chi connectivity index (χ3v) is 8.70. The second-order valence-corrected chi connectivity index (χ2v) is 10.9. The van der Waals surface area contributed by atoms with Crippen molar-refractivity contribution in [3.8, 4) is 0 Å². The topological polar surface area (TPSA) is 56.2 Å². The van der Waals surface area contributed by atoms with Crippen molar-refractivity contribution >= 4 is 23.4 Å². The van der Waals surface area contributed by atoms with Crippen molar-refractivity contribution in [2.75, 3.05) is 5.73 Å². The molecule has 0 saturated heterocycles. The minimum Gasteiger partial charge on any atom is -0.462 e. The van der Waals surface area contributed by atoms with E-state index in [-0.39, 0.29) is 17.0 Å². The van der Waals surface area contributed by atoms with E-state index in [1.165, 1.54) is 0 Å². The van der Waals surface area contributed by atoms with Crippen molar-refractivity contribution in [3.05, 3.63) is 41.3 Å². The van der Waals surface area contributed by atoms with Gasteiger partial charge in [-0.1, -0.05) is 52.0 Å². The van der Waals surface area contributed by atoms with Crippen LogP contribution in [0.2, 0.25) is 0 Å². The molecule has 3 rings (SSSR count). The molecule has 124 valence electrons. The highest BCUT2D eigenvalue weighted by Crippen LogP contribution is 2.58. The summed E-state index contributed by atoms with van der Waals surface area (Å²) >= 11 is 0. The average molecular weight is 331 g/mol. The quantitative estimate of drug-likeness (QED) is 0.833. The van der Waals surface area contributed by atoms with Gasteiger partial charge in [-0.3, -0.25) is 0 Å². The molecule has 0 aliphatic carbocycles. The van der Waals surface area contributed by atoms with Gasteiger partial charge in [-0.15, -0.1) is 0 Å². The maximum Gasteiger partial charge on any atom is 0.151 e. The van der Waals surface area contributed by atoms with Crippen molar-refractivity contribution in [3.63, 3.8) is 0 Å². The summed E-state index contributed by atoms with van der Waals surface area (Å²) in [7, 11) is -2.82. The zero-order valence-corrected chi connectivity index (χ0v) is 15.7. The molecule has 23 heavy (non-hydrogen) atoms. The van der Waals surface area contributed by atoms with Gasteiger partial charge in [0.1, 0.15) is 11.5 Å². The fraction of sp³-hybridized carbons (Fsp3) is 0.474. The molecule has 4 heteroatoms. The van der Waals surface area contributed by atoms with Gasteiger partial charge in [0.25, 0.3) is 0 Å². The highest BCUT2D eigenvalue weighted by Gasteiger charge is 2.50. The summed E-state index contributed by atoms with van der Waals surface area (Å²) in [6, 6.07) is 8.05. The van der Waals surface area contributed by atoms with Crippen LogP contribution >= 0.6 is 7.14 Å². The highest BCUT2D eigenvalue weighted by molar-refractivity contribution is 7.79. The van der Waals surface area contributed by atoms with Gasteiger partial charge in [0, 0.05) is 22.3 Å². The Kier molecular flexibility index (Phi) is 3.57. The Morgan fingerprint density at radius 1 is 1.13 bits per heavy atom. The van der Waals surface area contributed by atoms with Gasteiger partial charge in [0.2, 0.25) is 0 Å². The first-order valence-electron chi connectivity index (χ1n) is 8.26. The lowest BCUT2D eigenvalue weighted by atomic mass is 9.82. The lowest BCUT2D eigenvalue weighted by molar-refractivity contribution is 0.395. The third-order valence-electron chi connectivity index (χ3n) is 5.03. The van der Waals surface area contributed by atoms with Crippen molar-refractivity contribution in [2.24, 2.45) is 0 Å². The fourth-order valence-corrected chi connectivity index (χ4v) is 7.13. The van der Waals surface area contributed by atoms with E-state index in [4.69, 9.17) is 10.2 Å². The molecule has 1 aromatic carbocycles. The maximum atomic E-state index is 14.2. The molecular formula is C19H26NO2P. The Morgan fingerprint density at radius 3 is 2.30 bits per heavy atom. The number of benzene rings is 1. The van der Waals surface area contributed by atoms with Crippen LogP contribution in [0, 0.1) is 0 Å². The molecule has 0 saturated carbocycles. The predicted octanol–water partition coefficient (Wildman–Crippen LogP) is 4.35. The number of nitrogen functional groups attached to an aromatic ring is 1. The van der Waals surface area contributed by atoms with Crippen LogP contribution in [0.3, 0.4) is 0 Å². The summed E-state index contributed by atoms with van der Waals surface area (Å²) in [5.41, 5.74) is 7.78. The van der Waals surface area contributed by atoms with Gasteiger partial charge in [-0.2, -0.15) is 0 Å².